The van der Waals surface area contributed by atoms with E-state index < -0.39 is 36.6 Å². The smallest absolute Gasteiger partial charge is 0.410 e. The van der Waals surface area contributed by atoms with Gasteiger partial charge in [0.25, 0.3) is 4.93 Å². The van der Waals surface area contributed by atoms with Crippen LogP contribution in [0.25, 0.3) is 34.0 Å². The van der Waals surface area contributed by atoms with E-state index in [4.69, 9.17) is 29.7 Å². The van der Waals surface area contributed by atoms with Gasteiger partial charge in [0.05, 0.1) is 23.0 Å². The summed E-state index contributed by atoms with van der Waals surface area (Å²) in [6, 6.07) is 13.5. The molecule has 5 rings (SSSR count). The lowest BCUT2D eigenvalue weighted by atomic mass is 9.76. The minimum atomic E-state index is -5.40. The number of carbonyl (C=O) groups is 1. The fourth-order valence-electron chi connectivity index (χ4n) is 5.44. The van der Waals surface area contributed by atoms with Crippen LogP contribution in [0.3, 0.4) is 0 Å². The molecule has 0 atom stereocenters. The van der Waals surface area contributed by atoms with Crippen LogP contribution in [-0.2, 0) is 25.9 Å². The maximum atomic E-state index is 13.1. The zero-order chi connectivity index (χ0) is 37.4. The highest BCUT2D eigenvalue weighted by molar-refractivity contribution is 7.93. The fraction of sp³-hybridized carbons (Fsp3) is 0.394. The second-order valence-corrected chi connectivity index (χ2v) is 15.2. The highest BCUT2D eigenvalue weighted by Gasteiger charge is 2.65. The van der Waals surface area contributed by atoms with Gasteiger partial charge in [-0.1, -0.05) is 41.6 Å². The first-order valence-electron chi connectivity index (χ1n) is 15.7. The van der Waals surface area contributed by atoms with E-state index in [2.05, 4.69) is 15.1 Å². The van der Waals surface area contributed by atoms with E-state index in [-0.39, 0.29) is 23.6 Å². The molecule has 51 heavy (non-hydrogen) atoms. The number of aliphatic hydroxyl groups is 5. The maximum absolute atomic E-state index is 13.1. The zero-order valence-corrected chi connectivity index (χ0v) is 28.8. The summed E-state index contributed by atoms with van der Waals surface area (Å²) < 4.78 is 42.8. The Morgan fingerprint density at radius 2 is 1.43 bits per heavy atom. The van der Waals surface area contributed by atoms with Crippen LogP contribution in [0.5, 0.6) is 0 Å². The second-order valence-electron chi connectivity index (χ2n) is 13.1. The molecule has 0 spiro atoms. The molecule has 3 heterocycles. The molecular formula is C33H36B2N4O11S. The van der Waals surface area contributed by atoms with Crippen molar-refractivity contribution in [1.82, 2.24) is 20.0 Å². The molecule has 0 aliphatic carbocycles. The molecule has 2 aromatic carbocycles. The number of nitrogens with zero attached hydrogens (tertiary/aromatic N) is 4. The van der Waals surface area contributed by atoms with Crippen LogP contribution in [0.1, 0.15) is 39.2 Å². The van der Waals surface area contributed by atoms with E-state index in [9.17, 15) is 38.7 Å². The third-order valence-electron chi connectivity index (χ3n) is 8.11. The molecule has 1 saturated heterocycles. The first kappa shape index (κ1) is 38.1. The van der Waals surface area contributed by atoms with Crippen LogP contribution in [0.15, 0.2) is 76.4 Å². The molecule has 18 heteroatoms. The Hall–Kier alpha value is -4.16. The average molecular weight is 718 g/mol. The van der Waals surface area contributed by atoms with Gasteiger partial charge in [-0.05, 0) is 51.3 Å². The van der Waals surface area contributed by atoms with E-state index in [0.717, 1.165) is 36.1 Å². The number of sulfone groups is 1. The van der Waals surface area contributed by atoms with Gasteiger partial charge < -0.3 is 44.4 Å². The van der Waals surface area contributed by atoms with Crippen LogP contribution in [-0.4, -0.2) is 117 Å². The van der Waals surface area contributed by atoms with E-state index in [1.165, 1.54) is 24.5 Å². The van der Waals surface area contributed by atoms with Crippen LogP contribution >= 0.6 is 0 Å². The molecule has 4 radical (unpaired) electrons. The van der Waals surface area contributed by atoms with Gasteiger partial charge in [0, 0.05) is 43.0 Å². The molecule has 1 fully saturated rings. The molecule has 1 aliphatic heterocycles. The molecule has 2 aromatic heterocycles. The van der Waals surface area contributed by atoms with Gasteiger partial charge in [0.1, 0.15) is 17.0 Å². The van der Waals surface area contributed by atoms with Crippen LogP contribution in [0.4, 0.5) is 4.79 Å². The Labute approximate surface area is 296 Å². The highest BCUT2D eigenvalue weighted by atomic mass is 32.2. The molecule has 4 aromatic rings. The number of hydrogen-bond donors (Lipinski definition) is 5. The van der Waals surface area contributed by atoms with Crippen molar-refractivity contribution in [2.45, 2.75) is 73.0 Å². The third-order valence-corrected chi connectivity index (χ3v) is 10.4. The predicted octanol–water partition coefficient (Wildman–Crippen LogP) is 1.46. The number of aromatic nitrogens is 3. The number of benzene rings is 2. The molecule has 0 saturated carbocycles. The van der Waals surface area contributed by atoms with Crippen molar-refractivity contribution < 1.29 is 52.7 Å². The minimum absolute atomic E-state index is 0.00723. The molecule has 266 valence electrons. The number of hydrogen-bond acceptors (Lipinski definition) is 14. The molecular weight excluding hydrogens is 682 g/mol. The number of ether oxygens (including phenoxy) is 2. The average Bonchev–Trinajstić information content (AvgIpc) is 3.56. The van der Waals surface area contributed by atoms with Crippen molar-refractivity contribution in [1.29, 1.82) is 0 Å². The van der Waals surface area contributed by atoms with E-state index >= 15 is 0 Å². The zero-order valence-electron chi connectivity index (χ0n) is 28.0. The molecule has 1 amide bonds. The lowest BCUT2D eigenvalue weighted by molar-refractivity contribution is -0.277. The molecule has 0 bridgehead atoms. The summed E-state index contributed by atoms with van der Waals surface area (Å²) in [5.74, 6) is 0.277. The minimum Gasteiger partial charge on any atom is -0.444 e. The van der Waals surface area contributed by atoms with Gasteiger partial charge in [-0.15, -0.1) is 0 Å². The SMILES string of the molecule is [B]C(O)(O)C(O)(C([B])(O)O)S(=O)(=O)c1ccc(-c2cncc(-c3cc(-c4ccc(CN(C(=O)OC(C)(C)C)C5CCOCC5)cc4)no3)n2)cc1. The monoisotopic (exact) mass is 718 g/mol. The molecule has 0 unspecified atom stereocenters. The Bertz CT molecular complexity index is 1930. The summed E-state index contributed by atoms with van der Waals surface area (Å²) in [4.78, 5) is 18.5. The normalized spacial score (nSPS) is 15.1. The quantitative estimate of drug-likeness (QED) is 0.116. The van der Waals surface area contributed by atoms with Crippen molar-refractivity contribution in [2.24, 2.45) is 0 Å². The summed E-state index contributed by atoms with van der Waals surface area (Å²) in [5, 5.41) is 53.4. The van der Waals surface area contributed by atoms with E-state index in [0.29, 0.717) is 36.7 Å². The lowest BCUT2D eigenvalue weighted by Crippen LogP contribution is -2.72. The van der Waals surface area contributed by atoms with Crippen molar-refractivity contribution in [3.8, 4) is 34.0 Å². The lowest BCUT2D eigenvalue weighted by Gasteiger charge is -2.44. The first-order chi connectivity index (χ1) is 23.7. The van der Waals surface area contributed by atoms with Crippen LogP contribution in [0, 0.1) is 0 Å². The van der Waals surface area contributed by atoms with Crippen LogP contribution in [0.2, 0.25) is 0 Å². The molecule has 15 nitrogen and oxygen atoms in total. The van der Waals surface area contributed by atoms with Gasteiger partial charge >= 0.3 is 6.09 Å². The summed E-state index contributed by atoms with van der Waals surface area (Å²) >= 11 is 0. The second kappa shape index (κ2) is 14.1. The number of carbonyl (C=O) groups excluding carboxylic acids is 1. The Morgan fingerprint density at radius 1 is 0.882 bits per heavy atom. The van der Waals surface area contributed by atoms with Crippen molar-refractivity contribution in [3.63, 3.8) is 0 Å². The Balaban J connectivity index is 1.33. The van der Waals surface area contributed by atoms with Crippen molar-refractivity contribution in [2.75, 3.05) is 13.2 Å². The van der Waals surface area contributed by atoms with Crippen molar-refractivity contribution >= 4 is 31.6 Å². The topological polar surface area (TPSA) is 226 Å². The Kier molecular flexibility index (Phi) is 10.5. The maximum Gasteiger partial charge on any atom is 0.410 e. The van der Waals surface area contributed by atoms with Crippen LogP contribution < -0.4 is 0 Å². The van der Waals surface area contributed by atoms with Crippen molar-refractivity contribution in [3.05, 3.63) is 72.6 Å². The van der Waals surface area contributed by atoms with E-state index in [1.807, 2.05) is 45.0 Å². The first-order valence-corrected chi connectivity index (χ1v) is 17.2. The van der Waals surface area contributed by atoms with E-state index in [1.54, 1.807) is 11.0 Å². The Morgan fingerprint density at radius 3 is 2.00 bits per heavy atom. The largest absolute Gasteiger partial charge is 0.444 e. The standard InChI is InChI=1S/C33H36B2N4O11S/c1-30(2,3)49-29(40)39(23-12-14-48-15-13-23)19-20-4-6-21(7-5-20)25-16-28(50-38-25)27-18-36-17-26(37-27)22-8-10-24(11-9-22)51(46,47)31(41,32(34,42)43)33(35,44)45/h4-11,16-18,23,41-45H,12-15,19H2,1-3H3. The number of amides is 1. The predicted molar refractivity (Wildman–Crippen MR) is 182 cm³/mol. The summed E-state index contributed by atoms with van der Waals surface area (Å²) in [6.45, 7) is 7.00. The van der Waals surface area contributed by atoms with Gasteiger partial charge in [0.15, 0.2) is 32.8 Å². The third kappa shape index (κ3) is 8.02. The van der Waals surface area contributed by atoms with Gasteiger partial charge in [-0.3, -0.25) is 4.98 Å². The van der Waals surface area contributed by atoms with Gasteiger partial charge in [-0.2, -0.15) is 0 Å². The fourth-order valence-corrected chi connectivity index (χ4v) is 7.06. The summed E-state index contributed by atoms with van der Waals surface area (Å²) in [7, 11) is 4.52. The summed E-state index contributed by atoms with van der Waals surface area (Å²) in [5.41, 5.74) is -5.75. The number of rotatable bonds is 10. The highest BCUT2D eigenvalue weighted by Crippen LogP contribution is 2.37. The molecule has 1 aliphatic rings. The molecule has 5 N–H and O–H groups in total. The summed E-state index contributed by atoms with van der Waals surface area (Å²) in [6.07, 6.45) is 3.88. The van der Waals surface area contributed by atoms with Gasteiger partial charge in [0.2, 0.25) is 9.84 Å². The van der Waals surface area contributed by atoms with Gasteiger partial charge in [-0.25, -0.2) is 18.2 Å².